The first-order valence-corrected chi connectivity index (χ1v) is 10.7. The van der Waals surface area contributed by atoms with Crippen molar-refractivity contribution in [3.8, 4) is 0 Å². The van der Waals surface area contributed by atoms with Crippen LogP contribution in [0.25, 0.3) is 0 Å². The van der Waals surface area contributed by atoms with Crippen molar-refractivity contribution in [2.24, 2.45) is 0 Å². The average Bonchev–Trinajstić information content (AvgIpc) is 2.54. The third-order valence-electron chi connectivity index (χ3n) is 5.31. The first-order chi connectivity index (χ1) is 9.63. The fourth-order valence-electron chi connectivity index (χ4n) is 3.49. The highest BCUT2D eigenvalue weighted by molar-refractivity contribution is 6.78. The normalized spacial score (nSPS) is 24.9. The fraction of sp³-hybridized carbons (Fsp3) is 0.867. The molecule has 5 heteroatoms. The van der Waals surface area contributed by atoms with Gasteiger partial charge in [0, 0.05) is 52.4 Å². The lowest BCUT2D eigenvalue weighted by atomic mass is 10.4. The zero-order valence-corrected chi connectivity index (χ0v) is 14.6. The van der Waals surface area contributed by atoms with Crippen LogP contribution in [0, 0.1) is 0 Å². The maximum absolute atomic E-state index is 4.21. The summed E-state index contributed by atoms with van der Waals surface area (Å²) in [4.78, 5) is 5.12. The molecule has 2 aliphatic heterocycles. The van der Waals surface area contributed by atoms with Crippen LogP contribution in [0.15, 0.2) is 12.3 Å². The number of nitrogens with zero attached hydrogens (tertiary/aromatic N) is 4. The zero-order valence-electron chi connectivity index (χ0n) is 13.6. The molecule has 2 rings (SSSR count). The van der Waals surface area contributed by atoms with E-state index >= 15 is 0 Å². The average molecular weight is 297 g/mol. The largest absolute Gasteiger partial charge is 0.306 e. The predicted octanol–water partition coefficient (Wildman–Crippen LogP) is 1.06. The molecule has 0 bridgehead atoms. The van der Waals surface area contributed by atoms with Gasteiger partial charge in [-0.05, 0) is 19.6 Å². The molecule has 20 heavy (non-hydrogen) atoms. The molecule has 0 aromatic carbocycles. The molecule has 2 aliphatic rings. The molecule has 0 aliphatic carbocycles. The van der Waals surface area contributed by atoms with Gasteiger partial charge >= 0.3 is 0 Å². The lowest BCUT2D eigenvalue weighted by Gasteiger charge is -2.50. The fourth-order valence-corrected chi connectivity index (χ4v) is 6.62. The number of rotatable bonds is 5. The summed E-state index contributed by atoms with van der Waals surface area (Å²) in [5, 5.41) is 0. The molecule has 0 aromatic rings. The summed E-state index contributed by atoms with van der Waals surface area (Å²) in [5.74, 6) is 0. The van der Waals surface area contributed by atoms with E-state index in [4.69, 9.17) is 0 Å². The molecule has 0 unspecified atom stereocenters. The topological polar surface area (TPSA) is 13.0 Å². The van der Waals surface area contributed by atoms with E-state index in [2.05, 4.69) is 51.6 Å². The van der Waals surface area contributed by atoms with Gasteiger partial charge in [-0.2, -0.15) is 0 Å². The van der Waals surface area contributed by atoms with Crippen LogP contribution in [0.4, 0.5) is 0 Å². The maximum atomic E-state index is 4.21. The highest BCUT2D eigenvalue weighted by Gasteiger charge is 2.40. The quantitative estimate of drug-likeness (QED) is 0.703. The van der Waals surface area contributed by atoms with E-state index in [9.17, 15) is 0 Å². The van der Waals surface area contributed by atoms with E-state index < -0.39 is 8.40 Å². The number of piperazine rings is 2. The molecule has 0 spiro atoms. The Balaban J connectivity index is 1.97. The number of likely N-dealkylation sites (N-methyl/N-ethyl adjacent to an activating group) is 2. The van der Waals surface area contributed by atoms with Crippen molar-refractivity contribution < 1.29 is 0 Å². The van der Waals surface area contributed by atoms with Gasteiger partial charge in [0.25, 0.3) is 0 Å². The molecule has 116 valence electrons. The molecule has 0 amide bonds. The third kappa shape index (κ3) is 3.34. The van der Waals surface area contributed by atoms with Gasteiger partial charge in [-0.25, -0.2) is 0 Å². The van der Waals surface area contributed by atoms with Crippen LogP contribution in [0.5, 0.6) is 0 Å². The summed E-state index contributed by atoms with van der Waals surface area (Å²) < 4.78 is 5.52. The van der Waals surface area contributed by atoms with Gasteiger partial charge in [0.05, 0.1) is 0 Å². The summed E-state index contributed by atoms with van der Waals surface area (Å²) >= 11 is 0. The third-order valence-corrected chi connectivity index (χ3v) is 9.53. The van der Waals surface area contributed by atoms with Gasteiger partial charge in [-0.3, -0.25) is 0 Å². The number of hydrogen-bond acceptors (Lipinski definition) is 4. The van der Waals surface area contributed by atoms with Crippen molar-refractivity contribution in [2.75, 3.05) is 65.4 Å². The van der Waals surface area contributed by atoms with Crippen molar-refractivity contribution in [3.05, 3.63) is 12.3 Å². The minimum atomic E-state index is -1.63. The molecule has 2 fully saturated rings. The van der Waals surface area contributed by atoms with E-state index in [0.717, 1.165) is 0 Å². The monoisotopic (exact) mass is 296 g/mol. The Morgan fingerprint density at radius 2 is 1.15 bits per heavy atom. The van der Waals surface area contributed by atoms with E-state index in [1.807, 2.05) is 0 Å². The van der Waals surface area contributed by atoms with Gasteiger partial charge in [-0.1, -0.05) is 19.5 Å². The van der Waals surface area contributed by atoms with Crippen LogP contribution in [0.2, 0.25) is 6.55 Å². The molecule has 0 atom stereocenters. The molecular formula is C15H32N4Si. The molecule has 0 radical (unpaired) electrons. The minimum absolute atomic E-state index is 1.19. The Hall–Kier alpha value is -0.203. The van der Waals surface area contributed by atoms with Crippen LogP contribution in [-0.2, 0) is 0 Å². The zero-order chi connectivity index (χ0) is 14.6. The van der Waals surface area contributed by atoms with E-state index in [-0.39, 0.29) is 0 Å². The SMILES string of the molecule is C=C[Si](C)(N1CCN(CC)CC1)N1CCN(CC)CC1. The Morgan fingerprint density at radius 3 is 1.40 bits per heavy atom. The molecule has 0 N–H and O–H groups in total. The Morgan fingerprint density at radius 1 is 0.800 bits per heavy atom. The van der Waals surface area contributed by atoms with Crippen molar-refractivity contribution >= 4 is 8.40 Å². The van der Waals surface area contributed by atoms with Gasteiger partial charge in [-0.15, -0.1) is 6.58 Å². The lowest BCUT2D eigenvalue weighted by Crippen LogP contribution is -2.69. The first-order valence-electron chi connectivity index (χ1n) is 8.22. The Kier molecular flexibility index (Phi) is 5.81. The molecule has 4 nitrogen and oxygen atoms in total. The van der Waals surface area contributed by atoms with Gasteiger partial charge < -0.3 is 18.9 Å². The van der Waals surface area contributed by atoms with Crippen LogP contribution in [0.3, 0.4) is 0 Å². The summed E-state index contributed by atoms with van der Waals surface area (Å²) in [5.41, 5.74) is 2.30. The summed E-state index contributed by atoms with van der Waals surface area (Å²) in [6.07, 6.45) is 0. The Labute approximate surface area is 126 Å². The van der Waals surface area contributed by atoms with Gasteiger partial charge in [0.1, 0.15) is 0 Å². The van der Waals surface area contributed by atoms with Crippen LogP contribution >= 0.6 is 0 Å². The van der Waals surface area contributed by atoms with Gasteiger partial charge in [0.2, 0.25) is 8.40 Å². The smallest absolute Gasteiger partial charge is 0.228 e. The molecular weight excluding hydrogens is 264 g/mol. The second-order valence-corrected chi connectivity index (χ2v) is 10.0. The van der Waals surface area contributed by atoms with E-state index in [1.165, 1.54) is 65.4 Å². The second kappa shape index (κ2) is 7.18. The minimum Gasteiger partial charge on any atom is -0.306 e. The van der Waals surface area contributed by atoms with Gasteiger partial charge in [0.15, 0.2) is 0 Å². The molecule has 0 aromatic heterocycles. The van der Waals surface area contributed by atoms with Crippen LogP contribution in [-0.4, -0.2) is 92.8 Å². The maximum Gasteiger partial charge on any atom is 0.228 e. The van der Waals surface area contributed by atoms with Crippen molar-refractivity contribution in [3.63, 3.8) is 0 Å². The van der Waals surface area contributed by atoms with Crippen LogP contribution in [0.1, 0.15) is 13.8 Å². The highest BCUT2D eigenvalue weighted by Crippen LogP contribution is 2.21. The molecule has 2 saturated heterocycles. The summed E-state index contributed by atoms with van der Waals surface area (Å²) in [6.45, 7) is 23.4. The van der Waals surface area contributed by atoms with Crippen molar-refractivity contribution in [2.45, 2.75) is 20.4 Å². The van der Waals surface area contributed by atoms with E-state index in [0.29, 0.717) is 0 Å². The molecule has 2 heterocycles. The number of hydrogen-bond donors (Lipinski definition) is 0. The lowest BCUT2D eigenvalue weighted by molar-refractivity contribution is 0.155. The summed E-state index contributed by atoms with van der Waals surface area (Å²) in [7, 11) is -1.63. The second-order valence-electron chi connectivity index (χ2n) is 6.14. The summed E-state index contributed by atoms with van der Waals surface area (Å²) in [6, 6.07) is 0. The van der Waals surface area contributed by atoms with Crippen molar-refractivity contribution in [1.29, 1.82) is 0 Å². The van der Waals surface area contributed by atoms with E-state index in [1.54, 1.807) is 0 Å². The predicted molar refractivity (Wildman–Crippen MR) is 89.2 cm³/mol. The molecule has 0 saturated carbocycles. The highest BCUT2D eigenvalue weighted by atomic mass is 28.3. The first kappa shape index (κ1) is 16.2. The Bertz CT molecular complexity index is 283. The standard InChI is InChI=1S/C15H32N4Si/c1-5-16-8-12-18(13-9-16)20(4,7-3)19-14-10-17(6-2)11-15-19/h7H,3,5-6,8-15H2,1-2,4H3. The van der Waals surface area contributed by atoms with Crippen molar-refractivity contribution in [1.82, 2.24) is 18.9 Å². The van der Waals surface area contributed by atoms with Crippen LogP contribution < -0.4 is 0 Å².